The fourth-order valence-corrected chi connectivity index (χ4v) is 2.85. The number of aromatic nitrogens is 3. The molecule has 4 aromatic rings. The molecule has 0 spiro atoms. The molecule has 9 heteroatoms. The number of nitrogens with zero attached hydrogens (tertiary/aromatic N) is 2. The molecule has 0 unspecified atom stereocenters. The normalized spacial score (nSPS) is 9.85. The lowest BCUT2D eigenvalue weighted by molar-refractivity contribution is 0.613. The maximum Gasteiger partial charge on any atom is 0.259 e. The van der Waals surface area contributed by atoms with Gasteiger partial charge in [0.1, 0.15) is 17.2 Å². The van der Waals surface area contributed by atoms with Crippen molar-refractivity contribution < 1.29 is 15.3 Å². The van der Waals surface area contributed by atoms with Crippen molar-refractivity contribution in [1.82, 2.24) is 20.9 Å². The van der Waals surface area contributed by atoms with Crippen LogP contribution in [0.15, 0.2) is 70.5 Å². The number of hydrogen-bond acceptors (Lipinski definition) is 4. The third-order valence-corrected chi connectivity index (χ3v) is 4.12. The summed E-state index contributed by atoms with van der Waals surface area (Å²) >= 11 is 4.27. The van der Waals surface area contributed by atoms with Crippen molar-refractivity contribution >= 4 is 23.5 Å². The molecule has 7 nitrogen and oxygen atoms in total. The molecule has 0 aliphatic heterocycles. The van der Waals surface area contributed by atoms with Crippen molar-refractivity contribution in [3.05, 3.63) is 77.0 Å². The van der Waals surface area contributed by atoms with Crippen molar-refractivity contribution in [2.24, 2.45) is 0 Å². The smallest absolute Gasteiger partial charge is 0.259 e. The molecule has 0 saturated heterocycles. The Morgan fingerprint density at radius 1 is 1.00 bits per heavy atom. The van der Waals surface area contributed by atoms with Crippen LogP contribution in [0.2, 0.25) is 0 Å². The Hall–Kier alpha value is -2.98. The molecule has 2 aromatic heterocycles. The molecule has 27 heavy (non-hydrogen) atoms. The van der Waals surface area contributed by atoms with Gasteiger partial charge in [0.05, 0.1) is 10.9 Å². The summed E-state index contributed by atoms with van der Waals surface area (Å²) in [6.07, 6.45) is 1.53. The summed E-state index contributed by atoms with van der Waals surface area (Å²) in [7, 11) is 0. The summed E-state index contributed by atoms with van der Waals surface area (Å²) in [6.45, 7) is 0. The number of thiol groups is 1. The summed E-state index contributed by atoms with van der Waals surface area (Å²) < 4.78 is 15.7. The standard InChI is InChI=1S/C18H12FN3OS.H3N.2H2O/c19-13-3-1-2-4-14(13)22-15-9-10-20-18(23)16(15)17(21-22)11-5-7-12(24)8-6-11;;;/h1-10,24H,(H,20,23);1H3;2*1H2. The lowest BCUT2D eigenvalue weighted by atomic mass is 10.1. The van der Waals surface area contributed by atoms with E-state index >= 15 is 0 Å². The Labute approximate surface area is 159 Å². The molecular weight excluding hydrogens is 371 g/mol. The highest BCUT2D eigenvalue weighted by Crippen LogP contribution is 2.28. The number of hydrogen-bond donors (Lipinski definition) is 3. The van der Waals surface area contributed by atoms with Gasteiger partial charge < -0.3 is 22.1 Å². The largest absolute Gasteiger partial charge is 0.412 e. The van der Waals surface area contributed by atoms with Gasteiger partial charge in [0, 0.05) is 16.7 Å². The zero-order chi connectivity index (χ0) is 16.7. The first kappa shape index (κ1) is 22.1. The average Bonchev–Trinajstić information content (AvgIpc) is 2.97. The number of halogens is 1. The fourth-order valence-electron chi connectivity index (χ4n) is 2.71. The van der Waals surface area contributed by atoms with Crippen LogP contribution in [0, 0.1) is 5.82 Å². The maximum absolute atomic E-state index is 14.2. The second-order valence-corrected chi connectivity index (χ2v) is 5.84. The van der Waals surface area contributed by atoms with Gasteiger partial charge in [-0.05, 0) is 30.3 Å². The lowest BCUT2D eigenvalue weighted by Crippen LogP contribution is -2.05. The van der Waals surface area contributed by atoms with Gasteiger partial charge >= 0.3 is 0 Å². The van der Waals surface area contributed by atoms with Crippen molar-refractivity contribution in [2.75, 3.05) is 0 Å². The Morgan fingerprint density at radius 2 is 1.67 bits per heavy atom. The number of H-pyrrole nitrogens is 1. The van der Waals surface area contributed by atoms with E-state index in [-0.39, 0.29) is 22.7 Å². The summed E-state index contributed by atoms with van der Waals surface area (Å²) in [5, 5.41) is 4.94. The predicted molar refractivity (Wildman–Crippen MR) is 107 cm³/mol. The Bertz CT molecular complexity index is 1110. The summed E-state index contributed by atoms with van der Waals surface area (Å²) in [6, 6.07) is 15.4. The molecule has 142 valence electrons. The first-order chi connectivity index (χ1) is 11.6. The number of para-hydroxylation sites is 1. The second-order valence-electron chi connectivity index (χ2n) is 5.33. The number of pyridine rings is 1. The van der Waals surface area contributed by atoms with E-state index in [1.54, 1.807) is 24.3 Å². The highest BCUT2D eigenvalue weighted by Gasteiger charge is 2.17. The topological polar surface area (TPSA) is 149 Å². The van der Waals surface area contributed by atoms with Gasteiger partial charge in [-0.25, -0.2) is 9.07 Å². The molecule has 8 N–H and O–H groups in total. The molecule has 0 aliphatic rings. The third kappa shape index (κ3) is 3.76. The van der Waals surface area contributed by atoms with E-state index in [1.165, 1.54) is 16.9 Å². The third-order valence-electron chi connectivity index (χ3n) is 3.83. The van der Waals surface area contributed by atoms with E-state index in [2.05, 4.69) is 22.7 Å². The van der Waals surface area contributed by atoms with Crippen LogP contribution in [-0.2, 0) is 0 Å². The van der Waals surface area contributed by atoms with E-state index in [9.17, 15) is 9.18 Å². The summed E-state index contributed by atoms with van der Waals surface area (Å²) in [5.41, 5.74) is 1.85. The van der Waals surface area contributed by atoms with Gasteiger partial charge in [0.2, 0.25) is 0 Å². The van der Waals surface area contributed by atoms with Gasteiger partial charge in [-0.15, -0.1) is 12.6 Å². The number of rotatable bonds is 2. The molecule has 0 aliphatic carbocycles. The van der Waals surface area contributed by atoms with Crippen LogP contribution in [0.5, 0.6) is 0 Å². The molecular formula is C18H19FN4O3S. The van der Waals surface area contributed by atoms with Gasteiger partial charge in [0.25, 0.3) is 5.56 Å². The second kappa shape index (κ2) is 8.60. The fraction of sp³-hybridized carbons (Fsp3) is 0. The van der Waals surface area contributed by atoms with Gasteiger partial charge in [0.15, 0.2) is 0 Å². The first-order valence-corrected chi connectivity index (χ1v) is 7.74. The molecule has 2 aromatic carbocycles. The van der Waals surface area contributed by atoms with Crippen LogP contribution in [0.3, 0.4) is 0 Å². The minimum Gasteiger partial charge on any atom is -0.412 e. The van der Waals surface area contributed by atoms with E-state index in [4.69, 9.17) is 0 Å². The van der Waals surface area contributed by atoms with Crippen LogP contribution in [0.4, 0.5) is 4.39 Å². The number of aromatic amines is 1. The molecule has 0 fully saturated rings. The molecule has 0 atom stereocenters. The molecule has 0 saturated carbocycles. The van der Waals surface area contributed by atoms with Gasteiger partial charge in [-0.3, -0.25) is 4.79 Å². The monoisotopic (exact) mass is 390 g/mol. The van der Waals surface area contributed by atoms with Crippen LogP contribution in [-0.4, -0.2) is 25.7 Å². The van der Waals surface area contributed by atoms with Crippen molar-refractivity contribution in [3.63, 3.8) is 0 Å². The van der Waals surface area contributed by atoms with Crippen LogP contribution in [0.1, 0.15) is 0 Å². The molecule has 0 amide bonds. The molecule has 0 bridgehead atoms. The predicted octanol–water partition coefficient (Wildman–Crippen LogP) is 2.32. The van der Waals surface area contributed by atoms with Crippen molar-refractivity contribution in [3.8, 4) is 16.9 Å². The number of nitrogens with one attached hydrogen (secondary N) is 1. The SMILES string of the molecule is N.O.O.O=c1[nH]ccc2c1c(-c1ccc(S)cc1)nn2-c1ccccc1F. The van der Waals surface area contributed by atoms with Crippen LogP contribution >= 0.6 is 12.6 Å². The van der Waals surface area contributed by atoms with Gasteiger partial charge in [-0.1, -0.05) is 24.3 Å². The highest BCUT2D eigenvalue weighted by atomic mass is 32.1. The molecule has 2 heterocycles. The summed E-state index contributed by atoms with van der Waals surface area (Å²) in [4.78, 5) is 15.8. The quantitative estimate of drug-likeness (QED) is 0.451. The Balaban J connectivity index is 0.00000121. The summed E-state index contributed by atoms with van der Waals surface area (Å²) in [5.74, 6) is -0.403. The minimum absolute atomic E-state index is 0. The van der Waals surface area contributed by atoms with E-state index in [0.29, 0.717) is 22.3 Å². The lowest BCUT2D eigenvalue weighted by Gasteiger charge is -2.04. The van der Waals surface area contributed by atoms with Crippen molar-refractivity contribution in [2.45, 2.75) is 4.90 Å². The van der Waals surface area contributed by atoms with Crippen LogP contribution < -0.4 is 11.7 Å². The highest BCUT2D eigenvalue weighted by molar-refractivity contribution is 7.80. The zero-order valence-corrected chi connectivity index (χ0v) is 15.0. The van der Waals surface area contributed by atoms with E-state index in [1.807, 2.05) is 24.3 Å². The van der Waals surface area contributed by atoms with Gasteiger partial charge in [-0.2, -0.15) is 5.10 Å². The molecule has 0 radical (unpaired) electrons. The Morgan fingerprint density at radius 3 is 2.33 bits per heavy atom. The minimum atomic E-state index is -0.403. The number of fused-ring (bicyclic) bond motifs is 1. The number of benzene rings is 2. The average molecular weight is 390 g/mol. The zero-order valence-electron chi connectivity index (χ0n) is 14.1. The Kier molecular flexibility index (Phi) is 7.03. The first-order valence-electron chi connectivity index (χ1n) is 7.30. The van der Waals surface area contributed by atoms with Crippen LogP contribution in [0.25, 0.3) is 27.8 Å². The maximum atomic E-state index is 14.2. The van der Waals surface area contributed by atoms with E-state index in [0.717, 1.165) is 10.5 Å². The molecule has 4 rings (SSSR count). The van der Waals surface area contributed by atoms with E-state index < -0.39 is 5.82 Å². The van der Waals surface area contributed by atoms with Crippen molar-refractivity contribution in [1.29, 1.82) is 0 Å².